The minimum Gasteiger partial charge on any atom is -0.454 e. The zero-order valence-electron chi connectivity index (χ0n) is 18.5. The van der Waals surface area contributed by atoms with Crippen LogP contribution in [0.5, 0.6) is 11.5 Å². The third kappa shape index (κ3) is 4.71. The van der Waals surface area contributed by atoms with Gasteiger partial charge in [-0.05, 0) is 56.2 Å². The quantitative estimate of drug-likeness (QED) is 0.494. The maximum Gasteiger partial charge on any atom is 0.253 e. The number of carbonyl (C=O) groups is 1. The van der Waals surface area contributed by atoms with Gasteiger partial charge in [0.2, 0.25) is 12.7 Å². The summed E-state index contributed by atoms with van der Waals surface area (Å²) >= 11 is 6.35. The molecular weight excluding hydrogens is 458 g/mol. The molecule has 10 heteroatoms. The van der Waals surface area contributed by atoms with E-state index in [1.165, 1.54) is 0 Å². The third-order valence-corrected chi connectivity index (χ3v) is 6.21. The molecule has 3 N–H and O–H groups in total. The van der Waals surface area contributed by atoms with Crippen LogP contribution in [0.25, 0.3) is 0 Å². The molecule has 2 aliphatic rings. The Kier molecular flexibility index (Phi) is 5.89. The van der Waals surface area contributed by atoms with Crippen molar-refractivity contribution in [1.82, 2.24) is 14.9 Å². The number of rotatable bonds is 5. The highest BCUT2D eigenvalue weighted by molar-refractivity contribution is 6.33. The fourth-order valence-corrected chi connectivity index (χ4v) is 4.11. The predicted octanol–water partition coefficient (Wildman–Crippen LogP) is 4.33. The van der Waals surface area contributed by atoms with Crippen molar-refractivity contribution in [2.75, 3.05) is 30.5 Å². The number of hydrogen-bond donors (Lipinski definition) is 3. The van der Waals surface area contributed by atoms with Crippen LogP contribution in [0.1, 0.15) is 30.1 Å². The van der Waals surface area contributed by atoms with Crippen LogP contribution in [0.3, 0.4) is 0 Å². The molecule has 1 saturated heterocycles. The first-order chi connectivity index (χ1) is 16.4. The van der Waals surface area contributed by atoms with Crippen LogP contribution in [0.2, 0.25) is 5.02 Å². The van der Waals surface area contributed by atoms with Gasteiger partial charge in [0.25, 0.3) is 5.91 Å². The summed E-state index contributed by atoms with van der Waals surface area (Å²) in [6, 6.07) is 12.4. The van der Waals surface area contributed by atoms with E-state index in [0.29, 0.717) is 71.2 Å². The molecule has 0 radical (unpaired) electrons. The van der Waals surface area contributed by atoms with Crippen LogP contribution < -0.4 is 20.1 Å². The molecule has 0 unspecified atom stereocenters. The van der Waals surface area contributed by atoms with Gasteiger partial charge in [-0.3, -0.25) is 4.79 Å². The van der Waals surface area contributed by atoms with Gasteiger partial charge in [-0.15, -0.1) is 0 Å². The molecule has 0 aliphatic carbocycles. The molecule has 0 atom stereocenters. The van der Waals surface area contributed by atoms with Crippen molar-refractivity contribution >= 4 is 40.6 Å². The minimum absolute atomic E-state index is 0.0646. The molecule has 1 amide bonds. The van der Waals surface area contributed by atoms with Crippen LogP contribution >= 0.6 is 11.6 Å². The lowest BCUT2D eigenvalue weighted by Crippen LogP contribution is -2.45. The van der Waals surface area contributed by atoms with E-state index in [4.69, 9.17) is 21.1 Å². The molecule has 176 valence electrons. The highest BCUT2D eigenvalue weighted by Gasteiger charge is 2.30. The lowest BCUT2D eigenvalue weighted by Gasteiger charge is -2.35. The average Bonchev–Trinajstić information content (AvgIpc) is 3.30. The first-order valence-electron chi connectivity index (χ1n) is 10.9. The number of likely N-dealkylation sites (tertiary alicyclic amines) is 1. The summed E-state index contributed by atoms with van der Waals surface area (Å²) in [4.78, 5) is 23.5. The molecule has 34 heavy (non-hydrogen) atoms. The number of aliphatic hydroxyl groups is 1. The van der Waals surface area contributed by atoms with Crippen molar-refractivity contribution < 1.29 is 19.4 Å². The standard InChI is InChI=1S/C24H24ClN5O4/c1-24(32)8-11-30(12-9-24)22(31)15-3-2-4-16(13-15)27-23-26-10-7-19(29-23)28-20-17(25)5-6-18-21(20)34-14-33-18/h2-7,10,13,32H,8-9,11-12,14H2,1H3,(H2,26,27,28,29). The van der Waals surface area contributed by atoms with Gasteiger partial charge in [0.15, 0.2) is 11.5 Å². The van der Waals surface area contributed by atoms with Crippen molar-refractivity contribution in [2.24, 2.45) is 0 Å². The number of anilines is 4. The Morgan fingerprint density at radius 3 is 2.79 bits per heavy atom. The molecular formula is C24H24ClN5O4. The van der Waals surface area contributed by atoms with E-state index in [9.17, 15) is 9.90 Å². The van der Waals surface area contributed by atoms with Crippen molar-refractivity contribution in [2.45, 2.75) is 25.4 Å². The van der Waals surface area contributed by atoms with Crippen LogP contribution in [0, 0.1) is 0 Å². The summed E-state index contributed by atoms with van der Waals surface area (Å²) in [7, 11) is 0. The molecule has 1 aromatic heterocycles. The fraction of sp³-hybridized carbons (Fsp3) is 0.292. The molecule has 0 bridgehead atoms. The largest absolute Gasteiger partial charge is 0.454 e. The molecule has 5 rings (SSSR count). The number of carbonyl (C=O) groups excluding carboxylic acids is 1. The molecule has 1 fully saturated rings. The molecule has 2 aromatic carbocycles. The fourth-order valence-electron chi connectivity index (χ4n) is 3.91. The monoisotopic (exact) mass is 481 g/mol. The number of nitrogens with one attached hydrogen (secondary N) is 2. The van der Waals surface area contributed by atoms with Gasteiger partial charge in [-0.25, -0.2) is 4.98 Å². The minimum atomic E-state index is -0.709. The number of ether oxygens (including phenoxy) is 2. The smallest absolute Gasteiger partial charge is 0.253 e. The Bertz CT molecular complexity index is 1230. The highest BCUT2D eigenvalue weighted by Crippen LogP contribution is 2.44. The lowest BCUT2D eigenvalue weighted by atomic mass is 9.93. The molecule has 9 nitrogen and oxygen atoms in total. The van der Waals surface area contributed by atoms with Gasteiger partial charge >= 0.3 is 0 Å². The van der Waals surface area contributed by atoms with E-state index in [1.54, 1.807) is 41.4 Å². The maximum atomic E-state index is 12.9. The molecule has 0 spiro atoms. The Morgan fingerprint density at radius 1 is 1.15 bits per heavy atom. The Balaban J connectivity index is 1.30. The van der Waals surface area contributed by atoms with Crippen molar-refractivity contribution in [3.8, 4) is 11.5 Å². The number of fused-ring (bicyclic) bond motifs is 1. The van der Waals surface area contributed by atoms with E-state index in [2.05, 4.69) is 20.6 Å². The van der Waals surface area contributed by atoms with Crippen LogP contribution in [-0.4, -0.2) is 51.4 Å². The van der Waals surface area contributed by atoms with E-state index < -0.39 is 5.60 Å². The number of amides is 1. The summed E-state index contributed by atoms with van der Waals surface area (Å²) in [5.41, 5.74) is 1.10. The summed E-state index contributed by atoms with van der Waals surface area (Å²) in [6.07, 6.45) is 2.74. The van der Waals surface area contributed by atoms with Crippen LogP contribution in [-0.2, 0) is 0 Å². The second kappa shape index (κ2) is 9.00. The summed E-state index contributed by atoms with van der Waals surface area (Å²) in [5, 5.41) is 16.9. The van der Waals surface area contributed by atoms with Gasteiger partial charge in [0, 0.05) is 30.5 Å². The van der Waals surface area contributed by atoms with E-state index in [1.807, 2.05) is 19.1 Å². The SMILES string of the molecule is CC1(O)CCN(C(=O)c2cccc(Nc3nccc(Nc4c(Cl)ccc5c4OCO5)n3)c2)CC1. The Morgan fingerprint density at radius 2 is 1.97 bits per heavy atom. The average molecular weight is 482 g/mol. The topological polar surface area (TPSA) is 109 Å². The first-order valence-corrected chi connectivity index (χ1v) is 11.3. The summed E-state index contributed by atoms with van der Waals surface area (Å²) in [5.74, 6) is 1.94. The summed E-state index contributed by atoms with van der Waals surface area (Å²) in [6.45, 7) is 3.00. The normalized spacial score (nSPS) is 16.3. The number of hydrogen-bond acceptors (Lipinski definition) is 8. The highest BCUT2D eigenvalue weighted by atomic mass is 35.5. The van der Waals surface area contributed by atoms with Gasteiger partial charge in [-0.1, -0.05) is 17.7 Å². The maximum absolute atomic E-state index is 12.9. The van der Waals surface area contributed by atoms with Crippen LogP contribution in [0.4, 0.5) is 23.1 Å². The molecule has 3 aromatic rings. The number of nitrogens with zero attached hydrogens (tertiary/aromatic N) is 3. The Hall–Kier alpha value is -3.56. The molecule has 0 saturated carbocycles. The number of halogens is 1. The zero-order chi connectivity index (χ0) is 23.7. The first kappa shape index (κ1) is 22.2. The number of aromatic nitrogens is 2. The van der Waals surface area contributed by atoms with Gasteiger partial charge in [0.05, 0.1) is 10.6 Å². The predicted molar refractivity (Wildman–Crippen MR) is 128 cm³/mol. The van der Waals surface area contributed by atoms with Gasteiger partial charge in [0.1, 0.15) is 11.5 Å². The number of piperidine rings is 1. The Labute approximate surface area is 201 Å². The van der Waals surface area contributed by atoms with E-state index in [0.717, 1.165) is 0 Å². The zero-order valence-corrected chi connectivity index (χ0v) is 19.3. The van der Waals surface area contributed by atoms with Crippen LogP contribution in [0.15, 0.2) is 48.7 Å². The third-order valence-electron chi connectivity index (χ3n) is 5.89. The van der Waals surface area contributed by atoms with Gasteiger partial charge < -0.3 is 30.1 Å². The summed E-state index contributed by atoms with van der Waals surface area (Å²) < 4.78 is 10.9. The van der Waals surface area contributed by atoms with Crippen molar-refractivity contribution in [3.05, 3.63) is 59.2 Å². The molecule has 3 heterocycles. The van der Waals surface area contributed by atoms with E-state index in [-0.39, 0.29) is 12.7 Å². The van der Waals surface area contributed by atoms with Gasteiger partial charge in [-0.2, -0.15) is 4.98 Å². The second-order valence-corrected chi connectivity index (χ2v) is 8.95. The van der Waals surface area contributed by atoms with Crippen molar-refractivity contribution in [3.63, 3.8) is 0 Å². The van der Waals surface area contributed by atoms with Crippen molar-refractivity contribution in [1.29, 1.82) is 0 Å². The van der Waals surface area contributed by atoms with E-state index >= 15 is 0 Å². The lowest BCUT2D eigenvalue weighted by molar-refractivity contribution is -0.00202. The second-order valence-electron chi connectivity index (χ2n) is 8.54. The number of benzene rings is 2. The molecule has 2 aliphatic heterocycles.